The lowest BCUT2D eigenvalue weighted by Crippen LogP contribution is -1.63. The van der Waals surface area contributed by atoms with Crippen LogP contribution in [0, 0.1) is 0 Å². The number of para-hydroxylation sites is 1. The zero-order chi connectivity index (χ0) is 12.0. The predicted octanol–water partition coefficient (Wildman–Crippen LogP) is 4.20. The summed E-state index contributed by atoms with van der Waals surface area (Å²) in [6.07, 6.45) is 0. The third-order valence-electron chi connectivity index (χ3n) is 1.68. The lowest BCUT2D eigenvalue weighted by atomic mass is 10.3. The van der Waals surface area contributed by atoms with Gasteiger partial charge in [0.05, 0.1) is 4.47 Å². The van der Waals surface area contributed by atoms with E-state index < -0.39 is 0 Å². The molecule has 2 nitrogen and oxygen atoms in total. The largest absolute Gasteiger partial charge is 0.508 e. The molecule has 0 saturated carbocycles. The van der Waals surface area contributed by atoms with Crippen LogP contribution in [0.3, 0.4) is 0 Å². The Kier molecular flexibility index (Phi) is 5.15. The molecule has 16 heavy (non-hydrogen) atoms. The van der Waals surface area contributed by atoms with E-state index in [0.29, 0.717) is 5.02 Å². The van der Waals surface area contributed by atoms with Gasteiger partial charge in [-0.25, -0.2) is 0 Å². The van der Waals surface area contributed by atoms with Crippen LogP contribution in [0.25, 0.3) is 0 Å². The highest BCUT2D eigenvalue weighted by Gasteiger charge is 1.89. The van der Waals surface area contributed by atoms with Crippen LogP contribution in [0.2, 0.25) is 5.02 Å². The number of phenols is 2. The molecular formula is C12H10BrClO2. The maximum absolute atomic E-state index is 8.87. The summed E-state index contributed by atoms with van der Waals surface area (Å²) in [6, 6.07) is 13.4. The first-order chi connectivity index (χ1) is 7.59. The summed E-state index contributed by atoms with van der Waals surface area (Å²) >= 11 is 8.65. The van der Waals surface area contributed by atoms with E-state index in [4.69, 9.17) is 21.8 Å². The van der Waals surface area contributed by atoms with Crippen molar-refractivity contribution in [1.29, 1.82) is 0 Å². The van der Waals surface area contributed by atoms with Crippen molar-refractivity contribution >= 4 is 27.5 Å². The summed E-state index contributed by atoms with van der Waals surface area (Å²) in [5.41, 5.74) is 0. The summed E-state index contributed by atoms with van der Waals surface area (Å²) in [6.45, 7) is 0. The highest BCUT2D eigenvalue weighted by Crippen LogP contribution is 2.21. The Morgan fingerprint density at radius 1 is 0.875 bits per heavy atom. The van der Waals surface area contributed by atoms with Crippen molar-refractivity contribution < 1.29 is 10.2 Å². The van der Waals surface area contributed by atoms with Gasteiger partial charge in [0.1, 0.15) is 11.5 Å². The van der Waals surface area contributed by atoms with Crippen molar-refractivity contribution in [3.05, 3.63) is 58.0 Å². The minimum absolute atomic E-state index is 0.245. The molecule has 84 valence electrons. The second-order valence-corrected chi connectivity index (χ2v) is 4.22. The SMILES string of the molecule is Oc1ccc(Cl)cc1.Oc1ccccc1Br. The van der Waals surface area contributed by atoms with Crippen molar-refractivity contribution in [2.75, 3.05) is 0 Å². The predicted molar refractivity (Wildman–Crippen MR) is 68.9 cm³/mol. The van der Waals surface area contributed by atoms with Gasteiger partial charge in [-0.2, -0.15) is 0 Å². The van der Waals surface area contributed by atoms with Gasteiger partial charge in [0.15, 0.2) is 0 Å². The molecule has 2 N–H and O–H groups in total. The molecule has 0 spiro atoms. The van der Waals surface area contributed by atoms with Crippen LogP contribution in [-0.2, 0) is 0 Å². The minimum atomic E-state index is 0.245. The van der Waals surface area contributed by atoms with Gasteiger partial charge in [0.25, 0.3) is 0 Å². The topological polar surface area (TPSA) is 40.5 Å². The average Bonchev–Trinajstić information content (AvgIpc) is 2.28. The van der Waals surface area contributed by atoms with Crippen LogP contribution in [0.1, 0.15) is 0 Å². The second-order valence-electron chi connectivity index (χ2n) is 2.93. The lowest BCUT2D eigenvalue weighted by Gasteiger charge is -1.90. The van der Waals surface area contributed by atoms with E-state index in [0.717, 1.165) is 4.47 Å². The van der Waals surface area contributed by atoms with Gasteiger partial charge in [-0.3, -0.25) is 0 Å². The monoisotopic (exact) mass is 300 g/mol. The Labute approximate surface area is 107 Å². The number of hydrogen-bond acceptors (Lipinski definition) is 2. The fraction of sp³-hybridized carbons (Fsp3) is 0. The fourth-order valence-electron chi connectivity index (χ4n) is 0.893. The fourth-order valence-corrected chi connectivity index (χ4v) is 1.30. The molecule has 2 aromatic carbocycles. The minimum Gasteiger partial charge on any atom is -0.508 e. The molecule has 0 heterocycles. The first-order valence-electron chi connectivity index (χ1n) is 4.47. The Hall–Kier alpha value is -1.19. The summed E-state index contributed by atoms with van der Waals surface area (Å²) in [5.74, 6) is 0.530. The molecule has 0 aliphatic rings. The molecule has 0 atom stereocenters. The zero-order valence-corrected chi connectivity index (χ0v) is 10.6. The number of rotatable bonds is 0. The van der Waals surface area contributed by atoms with Gasteiger partial charge in [-0.1, -0.05) is 23.7 Å². The van der Waals surface area contributed by atoms with Crippen LogP contribution in [0.4, 0.5) is 0 Å². The normalized spacial score (nSPS) is 9.12. The lowest BCUT2D eigenvalue weighted by molar-refractivity contribution is 0.472. The summed E-state index contributed by atoms with van der Waals surface area (Å²) in [5, 5.41) is 18.2. The third kappa shape index (κ3) is 4.55. The highest BCUT2D eigenvalue weighted by atomic mass is 79.9. The first kappa shape index (κ1) is 12.9. The summed E-state index contributed by atoms with van der Waals surface area (Å²) in [4.78, 5) is 0. The van der Waals surface area contributed by atoms with Crippen LogP contribution in [0.15, 0.2) is 53.0 Å². The standard InChI is InChI=1S/C6H5BrO.C6H5ClO/c7-5-3-1-2-4-6(5)8;7-5-1-3-6(8)4-2-5/h2*1-4,8H. The number of phenolic OH excluding ortho intramolecular Hbond substituents is 2. The number of benzene rings is 2. The molecular weight excluding hydrogens is 291 g/mol. The van der Waals surface area contributed by atoms with E-state index in [1.807, 2.05) is 6.07 Å². The molecule has 2 aromatic rings. The van der Waals surface area contributed by atoms with Crippen LogP contribution in [-0.4, -0.2) is 10.2 Å². The van der Waals surface area contributed by atoms with Crippen LogP contribution < -0.4 is 0 Å². The van der Waals surface area contributed by atoms with Crippen molar-refractivity contribution in [3.8, 4) is 11.5 Å². The Morgan fingerprint density at radius 2 is 1.44 bits per heavy atom. The maximum atomic E-state index is 8.87. The number of aromatic hydroxyl groups is 2. The molecule has 0 bridgehead atoms. The zero-order valence-electron chi connectivity index (χ0n) is 8.27. The number of hydrogen-bond donors (Lipinski definition) is 2. The van der Waals surface area contributed by atoms with Crippen molar-refractivity contribution in [1.82, 2.24) is 0 Å². The van der Waals surface area contributed by atoms with Gasteiger partial charge in [0.2, 0.25) is 0 Å². The maximum Gasteiger partial charge on any atom is 0.129 e. The number of halogens is 2. The molecule has 0 aliphatic heterocycles. The first-order valence-corrected chi connectivity index (χ1v) is 5.64. The Balaban J connectivity index is 0.000000160. The van der Waals surface area contributed by atoms with Crippen LogP contribution >= 0.6 is 27.5 Å². The molecule has 0 saturated heterocycles. The Bertz CT molecular complexity index is 401. The summed E-state index contributed by atoms with van der Waals surface area (Å²) in [7, 11) is 0. The molecule has 2 rings (SSSR count). The molecule has 0 amide bonds. The molecule has 0 unspecified atom stereocenters. The van der Waals surface area contributed by atoms with Gasteiger partial charge < -0.3 is 10.2 Å². The molecule has 0 radical (unpaired) electrons. The van der Waals surface area contributed by atoms with Gasteiger partial charge in [-0.05, 0) is 52.3 Å². The van der Waals surface area contributed by atoms with E-state index in [2.05, 4.69) is 15.9 Å². The highest BCUT2D eigenvalue weighted by molar-refractivity contribution is 9.10. The van der Waals surface area contributed by atoms with E-state index in [-0.39, 0.29) is 11.5 Å². The van der Waals surface area contributed by atoms with E-state index in [1.165, 1.54) is 0 Å². The smallest absolute Gasteiger partial charge is 0.129 e. The van der Waals surface area contributed by atoms with Crippen LogP contribution in [0.5, 0.6) is 11.5 Å². The third-order valence-corrected chi connectivity index (χ3v) is 2.60. The van der Waals surface area contributed by atoms with Gasteiger partial charge in [-0.15, -0.1) is 0 Å². The second kappa shape index (κ2) is 6.40. The molecule has 0 aromatic heterocycles. The molecule has 4 heteroatoms. The molecule has 0 aliphatic carbocycles. The Morgan fingerprint density at radius 3 is 1.81 bits per heavy atom. The average molecular weight is 302 g/mol. The van der Waals surface area contributed by atoms with Crippen molar-refractivity contribution in [2.24, 2.45) is 0 Å². The van der Waals surface area contributed by atoms with Gasteiger partial charge in [0, 0.05) is 5.02 Å². The quantitative estimate of drug-likeness (QED) is 0.765. The van der Waals surface area contributed by atoms with E-state index >= 15 is 0 Å². The molecule has 0 fully saturated rings. The van der Waals surface area contributed by atoms with E-state index in [9.17, 15) is 0 Å². The van der Waals surface area contributed by atoms with Crippen molar-refractivity contribution in [2.45, 2.75) is 0 Å². The summed E-state index contributed by atoms with van der Waals surface area (Å²) < 4.78 is 0.736. The van der Waals surface area contributed by atoms with Gasteiger partial charge >= 0.3 is 0 Å². The van der Waals surface area contributed by atoms with E-state index in [1.54, 1.807) is 42.5 Å². The van der Waals surface area contributed by atoms with Crippen molar-refractivity contribution in [3.63, 3.8) is 0 Å².